The summed E-state index contributed by atoms with van der Waals surface area (Å²) in [5.41, 5.74) is 0.827. The van der Waals surface area contributed by atoms with Crippen LogP contribution in [-0.2, 0) is 0 Å². The summed E-state index contributed by atoms with van der Waals surface area (Å²) in [7, 11) is 0. The number of aromatic nitrogens is 3. The van der Waals surface area contributed by atoms with Crippen LogP contribution in [0.25, 0.3) is 5.65 Å². The van der Waals surface area contributed by atoms with E-state index < -0.39 is 0 Å². The molecule has 0 aromatic carbocycles. The summed E-state index contributed by atoms with van der Waals surface area (Å²) >= 11 is 6.12. The van der Waals surface area contributed by atoms with Crippen LogP contribution in [0.5, 0.6) is 0 Å². The van der Waals surface area contributed by atoms with Crippen molar-refractivity contribution in [2.75, 3.05) is 6.54 Å². The first-order valence-electron chi connectivity index (χ1n) is 6.44. The molecule has 2 aromatic rings. The Morgan fingerprint density at radius 2 is 2.22 bits per heavy atom. The van der Waals surface area contributed by atoms with Gasteiger partial charge in [0.05, 0.1) is 6.04 Å². The molecule has 3 heterocycles. The molecule has 0 amide bonds. The normalized spacial score (nSPS) is 21.2. The fourth-order valence-electron chi connectivity index (χ4n) is 2.72. The van der Waals surface area contributed by atoms with Gasteiger partial charge < -0.3 is 0 Å². The molecule has 0 saturated carbocycles. The van der Waals surface area contributed by atoms with Gasteiger partial charge in [0, 0.05) is 6.04 Å². The zero-order valence-corrected chi connectivity index (χ0v) is 11.4. The lowest BCUT2D eigenvalue weighted by Gasteiger charge is -2.25. The van der Waals surface area contributed by atoms with Crippen molar-refractivity contribution in [1.29, 1.82) is 0 Å². The van der Waals surface area contributed by atoms with Crippen molar-refractivity contribution in [1.82, 2.24) is 19.5 Å². The van der Waals surface area contributed by atoms with Crippen molar-refractivity contribution in [3.63, 3.8) is 0 Å². The molecule has 4 nitrogen and oxygen atoms in total. The predicted molar refractivity (Wildman–Crippen MR) is 71.8 cm³/mol. The topological polar surface area (TPSA) is 33.4 Å². The smallest absolute Gasteiger partial charge is 0.168 e. The molecule has 1 unspecified atom stereocenters. The summed E-state index contributed by atoms with van der Waals surface area (Å²) in [6.07, 6.45) is 2.35. The van der Waals surface area contributed by atoms with Crippen molar-refractivity contribution in [3.8, 4) is 0 Å². The fraction of sp³-hybridized carbons (Fsp3) is 0.538. The van der Waals surface area contributed by atoms with Crippen molar-refractivity contribution in [2.45, 2.75) is 38.8 Å². The number of hydrogen-bond donors (Lipinski definition) is 0. The summed E-state index contributed by atoms with van der Waals surface area (Å²) in [4.78, 5) is 7.07. The van der Waals surface area contributed by atoms with Crippen LogP contribution in [0.15, 0.2) is 18.2 Å². The van der Waals surface area contributed by atoms with E-state index >= 15 is 0 Å². The molecule has 18 heavy (non-hydrogen) atoms. The number of rotatable bonds is 2. The molecule has 96 valence electrons. The molecule has 0 aliphatic carbocycles. The molecule has 1 aliphatic rings. The van der Waals surface area contributed by atoms with Crippen molar-refractivity contribution >= 4 is 17.2 Å². The Bertz CT molecular complexity index is 563. The summed E-state index contributed by atoms with van der Waals surface area (Å²) in [6, 6.07) is 6.55. The summed E-state index contributed by atoms with van der Waals surface area (Å²) in [6.45, 7) is 5.58. The largest absolute Gasteiger partial charge is 0.291 e. The molecule has 1 fully saturated rings. The van der Waals surface area contributed by atoms with Gasteiger partial charge in [-0.05, 0) is 45.4 Å². The molecule has 1 saturated heterocycles. The number of fused-ring (bicyclic) bond motifs is 1. The Morgan fingerprint density at radius 3 is 2.94 bits per heavy atom. The molecule has 2 aromatic heterocycles. The molecular formula is C13H17ClN4. The third-order valence-electron chi connectivity index (χ3n) is 3.59. The number of halogens is 1. The van der Waals surface area contributed by atoms with Crippen LogP contribution in [0.3, 0.4) is 0 Å². The quantitative estimate of drug-likeness (QED) is 0.782. The van der Waals surface area contributed by atoms with E-state index in [9.17, 15) is 0 Å². The lowest BCUT2D eigenvalue weighted by molar-refractivity contribution is 0.199. The highest BCUT2D eigenvalue weighted by Crippen LogP contribution is 2.32. The van der Waals surface area contributed by atoms with Crippen LogP contribution < -0.4 is 0 Å². The monoisotopic (exact) mass is 264 g/mol. The Kier molecular flexibility index (Phi) is 2.99. The molecule has 0 spiro atoms. The number of pyridine rings is 1. The molecule has 0 radical (unpaired) electrons. The van der Waals surface area contributed by atoms with Crippen LogP contribution in [-0.4, -0.2) is 32.1 Å². The summed E-state index contributed by atoms with van der Waals surface area (Å²) < 4.78 is 1.72. The maximum atomic E-state index is 6.12. The Hall–Kier alpha value is -1.13. The third-order valence-corrected chi connectivity index (χ3v) is 3.87. The molecule has 0 N–H and O–H groups in total. The Labute approximate surface area is 112 Å². The van der Waals surface area contributed by atoms with Crippen molar-refractivity contribution in [3.05, 3.63) is 29.2 Å². The standard InChI is InChI=1S/C13H17ClN4/c1-9(2)17-8-4-5-10(17)13-15-12-7-3-6-11(14)18(12)16-13/h3,6-7,9-10H,4-5,8H2,1-2H3. The second-order valence-corrected chi connectivity index (χ2v) is 5.47. The molecule has 1 atom stereocenters. The van der Waals surface area contributed by atoms with Crippen molar-refractivity contribution < 1.29 is 0 Å². The van der Waals surface area contributed by atoms with Gasteiger partial charge in [-0.1, -0.05) is 17.7 Å². The first kappa shape index (κ1) is 11.9. The summed E-state index contributed by atoms with van der Waals surface area (Å²) in [5, 5.41) is 5.17. The van der Waals surface area contributed by atoms with Gasteiger partial charge in [0.1, 0.15) is 5.15 Å². The molecule has 5 heteroatoms. The van der Waals surface area contributed by atoms with Gasteiger partial charge in [0.2, 0.25) is 0 Å². The van der Waals surface area contributed by atoms with E-state index in [2.05, 4.69) is 28.8 Å². The maximum Gasteiger partial charge on any atom is 0.168 e. The van der Waals surface area contributed by atoms with E-state index in [-0.39, 0.29) is 0 Å². The minimum Gasteiger partial charge on any atom is -0.291 e. The molecule has 1 aliphatic heterocycles. The van der Waals surface area contributed by atoms with E-state index in [0.29, 0.717) is 17.2 Å². The average molecular weight is 265 g/mol. The zero-order valence-electron chi connectivity index (χ0n) is 10.7. The number of hydrogen-bond acceptors (Lipinski definition) is 3. The first-order chi connectivity index (χ1) is 8.66. The van der Waals surface area contributed by atoms with Crippen molar-refractivity contribution in [2.24, 2.45) is 0 Å². The van der Waals surface area contributed by atoms with Gasteiger partial charge in [-0.2, -0.15) is 0 Å². The second kappa shape index (κ2) is 4.52. The van der Waals surface area contributed by atoms with Gasteiger partial charge in [0.15, 0.2) is 11.5 Å². The fourth-order valence-corrected chi connectivity index (χ4v) is 2.91. The average Bonchev–Trinajstić information content (AvgIpc) is 2.95. The third kappa shape index (κ3) is 1.89. The Morgan fingerprint density at radius 1 is 1.39 bits per heavy atom. The van der Waals surface area contributed by atoms with E-state index in [1.807, 2.05) is 18.2 Å². The minimum atomic E-state index is 0.334. The van der Waals surface area contributed by atoms with E-state index in [0.717, 1.165) is 24.4 Å². The maximum absolute atomic E-state index is 6.12. The summed E-state index contributed by atoms with van der Waals surface area (Å²) in [5.74, 6) is 0.898. The molecular weight excluding hydrogens is 248 g/mol. The van der Waals surface area contributed by atoms with Crippen LogP contribution in [0.1, 0.15) is 38.6 Å². The highest BCUT2D eigenvalue weighted by Gasteiger charge is 2.30. The second-order valence-electron chi connectivity index (χ2n) is 5.08. The lowest BCUT2D eigenvalue weighted by atomic mass is 10.2. The zero-order chi connectivity index (χ0) is 12.7. The van der Waals surface area contributed by atoms with Gasteiger partial charge in [0.25, 0.3) is 0 Å². The molecule has 0 bridgehead atoms. The van der Waals surface area contributed by atoms with Crippen LogP contribution in [0, 0.1) is 0 Å². The van der Waals surface area contributed by atoms with Crippen LogP contribution in [0.4, 0.5) is 0 Å². The van der Waals surface area contributed by atoms with Crippen LogP contribution in [0.2, 0.25) is 5.15 Å². The van der Waals surface area contributed by atoms with Gasteiger partial charge >= 0.3 is 0 Å². The number of nitrogens with zero attached hydrogens (tertiary/aromatic N) is 4. The highest BCUT2D eigenvalue weighted by molar-refractivity contribution is 6.29. The van der Waals surface area contributed by atoms with Crippen LogP contribution >= 0.6 is 11.6 Å². The molecule has 3 rings (SSSR count). The van der Waals surface area contributed by atoms with E-state index in [1.54, 1.807) is 4.52 Å². The van der Waals surface area contributed by atoms with Gasteiger partial charge in [-0.3, -0.25) is 4.90 Å². The highest BCUT2D eigenvalue weighted by atomic mass is 35.5. The van der Waals surface area contributed by atoms with E-state index in [4.69, 9.17) is 11.6 Å². The SMILES string of the molecule is CC(C)N1CCCC1c1nc2cccc(Cl)n2n1. The van der Waals surface area contributed by atoms with Gasteiger partial charge in [-0.25, -0.2) is 9.50 Å². The minimum absolute atomic E-state index is 0.334. The lowest BCUT2D eigenvalue weighted by Crippen LogP contribution is -2.30. The van der Waals surface area contributed by atoms with Gasteiger partial charge in [-0.15, -0.1) is 5.10 Å². The van der Waals surface area contributed by atoms with E-state index in [1.165, 1.54) is 6.42 Å². The number of likely N-dealkylation sites (tertiary alicyclic amines) is 1. The first-order valence-corrected chi connectivity index (χ1v) is 6.81. The predicted octanol–water partition coefficient (Wildman–Crippen LogP) is 2.93. The Balaban J connectivity index is 2.01.